The molecule has 1 aliphatic rings. The highest BCUT2D eigenvalue weighted by molar-refractivity contribution is 5.35. The fourth-order valence-corrected chi connectivity index (χ4v) is 2.51. The fraction of sp³-hybridized carbons (Fsp3) is 0.368. The van der Waals surface area contributed by atoms with Crippen LogP contribution in [0.25, 0.3) is 0 Å². The van der Waals surface area contributed by atoms with Gasteiger partial charge in [-0.05, 0) is 12.1 Å². The first-order chi connectivity index (χ1) is 11.1. The Morgan fingerprint density at radius 3 is 1.91 bits per heavy atom. The van der Waals surface area contributed by atoms with Crippen molar-refractivity contribution < 1.29 is 18.3 Å². The summed E-state index contributed by atoms with van der Waals surface area (Å²) in [6.45, 7) is 6.93. The lowest BCUT2D eigenvalue weighted by atomic mass is 9.95. The van der Waals surface area contributed by atoms with E-state index in [1.807, 2.05) is 51.1 Å². The largest absolute Gasteiger partial charge is 0.342 e. The smallest absolute Gasteiger partial charge is 0.222 e. The zero-order valence-corrected chi connectivity index (χ0v) is 13.7. The molecule has 0 amide bonds. The van der Waals surface area contributed by atoms with Gasteiger partial charge >= 0.3 is 0 Å². The second-order valence-electron chi connectivity index (χ2n) is 5.37. The second-order valence-corrected chi connectivity index (χ2v) is 5.37. The fourth-order valence-electron chi connectivity index (χ4n) is 2.51. The zero-order chi connectivity index (χ0) is 16.9. The van der Waals surface area contributed by atoms with E-state index in [1.54, 1.807) is 0 Å². The Hall–Kier alpha value is -1.78. The minimum Gasteiger partial charge on any atom is -0.342 e. The number of benzene rings is 2. The Bertz CT molecular complexity index is 600. The van der Waals surface area contributed by atoms with Crippen molar-refractivity contribution in [2.45, 2.75) is 26.6 Å². The van der Waals surface area contributed by atoms with Gasteiger partial charge in [0, 0.05) is 23.1 Å². The number of hydrogen-bond acceptors (Lipinski definition) is 2. The van der Waals surface area contributed by atoms with Crippen molar-refractivity contribution in [2.24, 2.45) is 5.92 Å². The average Bonchev–Trinajstić information content (AvgIpc) is 2.57. The summed E-state index contributed by atoms with van der Waals surface area (Å²) in [5, 5.41) is 0. The molecular formula is C19H22F2O2. The standard InChI is InChI=1S/C17H16F2O2.C2H6/c1-12-10-20-17(21-11-12,13-5-3-2-4-6-13)14-7-15(18)9-16(19)8-14;1-2/h2-9,12H,10-11H2,1H3;1-2H3. The third-order valence-corrected chi connectivity index (χ3v) is 3.54. The van der Waals surface area contributed by atoms with Crippen molar-refractivity contribution >= 4 is 0 Å². The Labute approximate surface area is 136 Å². The molecule has 2 aromatic carbocycles. The zero-order valence-electron chi connectivity index (χ0n) is 13.7. The van der Waals surface area contributed by atoms with Gasteiger partial charge in [-0.15, -0.1) is 0 Å². The van der Waals surface area contributed by atoms with E-state index < -0.39 is 17.4 Å². The minimum atomic E-state index is -1.25. The maximum Gasteiger partial charge on any atom is 0.222 e. The lowest BCUT2D eigenvalue weighted by Gasteiger charge is -2.40. The maximum atomic E-state index is 13.6. The summed E-state index contributed by atoms with van der Waals surface area (Å²) >= 11 is 0. The van der Waals surface area contributed by atoms with Crippen LogP contribution in [-0.2, 0) is 15.3 Å². The molecule has 4 heteroatoms. The molecule has 23 heavy (non-hydrogen) atoms. The van der Waals surface area contributed by atoms with Crippen LogP contribution in [0.5, 0.6) is 0 Å². The lowest BCUT2D eigenvalue weighted by molar-refractivity contribution is -0.265. The number of rotatable bonds is 2. The monoisotopic (exact) mass is 320 g/mol. The number of ether oxygens (including phenoxy) is 2. The molecule has 2 aromatic rings. The first kappa shape index (κ1) is 17.6. The first-order valence-corrected chi connectivity index (χ1v) is 7.90. The van der Waals surface area contributed by atoms with Crippen LogP contribution >= 0.6 is 0 Å². The molecule has 0 bridgehead atoms. The van der Waals surface area contributed by atoms with E-state index in [0.29, 0.717) is 18.8 Å². The third-order valence-electron chi connectivity index (χ3n) is 3.54. The molecule has 0 N–H and O–H groups in total. The van der Waals surface area contributed by atoms with Gasteiger partial charge in [-0.2, -0.15) is 0 Å². The van der Waals surface area contributed by atoms with E-state index in [9.17, 15) is 8.78 Å². The molecule has 124 valence electrons. The molecule has 0 radical (unpaired) electrons. The average molecular weight is 320 g/mol. The summed E-state index contributed by atoms with van der Waals surface area (Å²) in [4.78, 5) is 0. The van der Waals surface area contributed by atoms with Gasteiger partial charge in [-0.1, -0.05) is 51.1 Å². The first-order valence-electron chi connectivity index (χ1n) is 7.90. The normalized spacial score (nSPS) is 23.8. The van der Waals surface area contributed by atoms with Crippen LogP contribution in [0, 0.1) is 17.6 Å². The molecule has 1 heterocycles. The molecule has 1 fully saturated rings. The Morgan fingerprint density at radius 2 is 1.39 bits per heavy atom. The van der Waals surface area contributed by atoms with Crippen LogP contribution in [0.15, 0.2) is 48.5 Å². The summed E-state index contributed by atoms with van der Waals surface area (Å²) in [5.41, 5.74) is 1.06. The van der Waals surface area contributed by atoms with Crippen molar-refractivity contribution in [1.29, 1.82) is 0 Å². The van der Waals surface area contributed by atoms with E-state index in [0.717, 1.165) is 11.6 Å². The summed E-state index contributed by atoms with van der Waals surface area (Å²) in [7, 11) is 0. The molecular weight excluding hydrogens is 298 g/mol. The molecule has 0 unspecified atom stereocenters. The van der Waals surface area contributed by atoms with E-state index in [2.05, 4.69) is 0 Å². The molecule has 1 aliphatic heterocycles. The lowest BCUT2D eigenvalue weighted by Crippen LogP contribution is -2.42. The van der Waals surface area contributed by atoms with Crippen LogP contribution in [0.1, 0.15) is 31.9 Å². The minimum absolute atomic E-state index is 0.236. The predicted octanol–water partition coefficient (Wildman–Crippen LogP) is 4.88. The van der Waals surface area contributed by atoms with Crippen molar-refractivity contribution in [1.82, 2.24) is 0 Å². The van der Waals surface area contributed by atoms with E-state index >= 15 is 0 Å². The quantitative estimate of drug-likeness (QED) is 0.785. The second kappa shape index (κ2) is 7.66. The molecule has 0 aliphatic carbocycles. The van der Waals surface area contributed by atoms with Crippen molar-refractivity contribution in [2.75, 3.05) is 13.2 Å². The van der Waals surface area contributed by atoms with Crippen LogP contribution in [0.4, 0.5) is 8.78 Å². The molecule has 0 spiro atoms. The van der Waals surface area contributed by atoms with Crippen molar-refractivity contribution in [3.63, 3.8) is 0 Å². The molecule has 0 atom stereocenters. The van der Waals surface area contributed by atoms with Gasteiger partial charge in [0.25, 0.3) is 0 Å². The summed E-state index contributed by atoms with van der Waals surface area (Å²) in [6, 6.07) is 12.6. The summed E-state index contributed by atoms with van der Waals surface area (Å²) < 4.78 is 39.0. The number of halogens is 2. The van der Waals surface area contributed by atoms with Crippen LogP contribution < -0.4 is 0 Å². The van der Waals surface area contributed by atoms with Crippen molar-refractivity contribution in [3.05, 3.63) is 71.3 Å². The van der Waals surface area contributed by atoms with E-state index in [1.165, 1.54) is 12.1 Å². The topological polar surface area (TPSA) is 18.5 Å². The van der Waals surface area contributed by atoms with Crippen LogP contribution in [-0.4, -0.2) is 13.2 Å². The number of hydrogen-bond donors (Lipinski definition) is 0. The van der Waals surface area contributed by atoms with Gasteiger partial charge in [0.05, 0.1) is 13.2 Å². The van der Waals surface area contributed by atoms with Gasteiger partial charge in [-0.3, -0.25) is 0 Å². The predicted molar refractivity (Wildman–Crippen MR) is 86.0 cm³/mol. The van der Waals surface area contributed by atoms with Gasteiger partial charge in [0.1, 0.15) is 11.6 Å². The Balaban J connectivity index is 0.000000924. The van der Waals surface area contributed by atoms with Gasteiger partial charge in [-0.25, -0.2) is 8.78 Å². The maximum absolute atomic E-state index is 13.6. The van der Waals surface area contributed by atoms with E-state index in [4.69, 9.17) is 9.47 Å². The Kier molecular flexibility index (Phi) is 5.85. The highest BCUT2D eigenvalue weighted by Crippen LogP contribution is 2.39. The highest BCUT2D eigenvalue weighted by Gasteiger charge is 2.41. The van der Waals surface area contributed by atoms with Gasteiger partial charge in [0.15, 0.2) is 0 Å². The Morgan fingerprint density at radius 1 is 0.870 bits per heavy atom. The highest BCUT2D eigenvalue weighted by atomic mass is 19.1. The SMILES string of the molecule is CC.CC1COC(c2ccccc2)(c2cc(F)cc(F)c2)OC1. The third kappa shape index (κ3) is 3.77. The molecule has 2 nitrogen and oxygen atoms in total. The molecule has 0 aromatic heterocycles. The van der Waals surface area contributed by atoms with Crippen LogP contribution in [0.3, 0.4) is 0 Å². The van der Waals surface area contributed by atoms with Crippen molar-refractivity contribution in [3.8, 4) is 0 Å². The molecule has 1 saturated heterocycles. The van der Waals surface area contributed by atoms with E-state index in [-0.39, 0.29) is 5.92 Å². The van der Waals surface area contributed by atoms with Crippen LogP contribution in [0.2, 0.25) is 0 Å². The molecule has 0 saturated carbocycles. The molecule has 3 rings (SSSR count). The summed E-state index contributed by atoms with van der Waals surface area (Å²) in [5.74, 6) is -2.31. The van der Waals surface area contributed by atoms with Gasteiger partial charge in [0.2, 0.25) is 5.79 Å². The summed E-state index contributed by atoms with van der Waals surface area (Å²) in [6.07, 6.45) is 0. The van der Waals surface area contributed by atoms with Gasteiger partial charge < -0.3 is 9.47 Å².